The maximum atomic E-state index is 14.8. The Morgan fingerprint density at radius 2 is 2.00 bits per heavy atom. The molecular formula is C20H31FN2O4Si. The zero-order valence-electron chi connectivity index (χ0n) is 17.5. The van der Waals surface area contributed by atoms with Crippen molar-refractivity contribution in [3.8, 4) is 0 Å². The van der Waals surface area contributed by atoms with Crippen LogP contribution in [0, 0.1) is 5.82 Å². The van der Waals surface area contributed by atoms with Crippen LogP contribution in [0.5, 0.6) is 0 Å². The molecule has 0 aromatic heterocycles. The van der Waals surface area contributed by atoms with Gasteiger partial charge in [0.25, 0.3) is 0 Å². The van der Waals surface area contributed by atoms with Gasteiger partial charge in [0.05, 0.1) is 23.5 Å². The van der Waals surface area contributed by atoms with Gasteiger partial charge < -0.3 is 19.2 Å². The van der Waals surface area contributed by atoms with Crippen molar-refractivity contribution in [1.29, 1.82) is 0 Å². The third kappa shape index (κ3) is 3.90. The molecule has 2 aliphatic heterocycles. The number of hydrogen-bond acceptors (Lipinski definition) is 5. The van der Waals surface area contributed by atoms with Gasteiger partial charge in [-0.1, -0.05) is 20.8 Å². The van der Waals surface area contributed by atoms with E-state index in [1.54, 1.807) is 19.1 Å². The largest absolute Gasteiger partial charge is 0.417 e. The first-order valence-electron chi connectivity index (χ1n) is 9.81. The lowest BCUT2D eigenvalue weighted by Crippen LogP contribution is -2.44. The molecule has 0 radical (unpaired) electrons. The van der Waals surface area contributed by atoms with E-state index < -0.39 is 32.6 Å². The summed E-state index contributed by atoms with van der Waals surface area (Å²) in [7, 11) is -1.86. The minimum Gasteiger partial charge on any atom is -0.417 e. The number of anilines is 2. The fourth-order valence-corrected chi connectivity index (χ4v) is 4.81. The molecule has 8 heteroatoms. The molecule has 1 N–H and O–H groups in total. The van der Waals surface area contributed by atoms with E-state index in [4.69, 9.17) is 9.16 Å². The zero-order chi connectivity index (χ0) is 20.9. The summed E-state index contributed by atoms with van der Waals surface area (Å²) in [6.45, 7) is 14.2. The molecule has 156 valence electrons. The molecule has 2 saturated heterocycles. The Morgan fingerprint density at radius 3 is 2.54 bits per heavy atom. The van der Waals surface area contributed by atoms with Crippen LogP contribution in [0.4, 0.5) is 20.6 Å². The van der Waals surface area contributed by atoms with Gasteiger partial charge in [-0.2, -0.15) is 0 Å². The average molecular weight is 411 g/mol. The van der Waals surface area contributed by atoms with Crippen LogP contribution >= 0.6 is 0 Å². The lowest BCUT2D eigenvalue weighted by molar-refractivity contribution is -0.0312. The van der Waals surface area contributed by atoms with Crippen LogP contribution in [0.25, 0.3) is 0 Å². The maximum Gasteiger partial charge on any atom is 0.417 e. The van der Waals surface area contributed by atoms with Crippen molar-refractivity contribution in [1.82, 2.24) is 0 Å². The molecule has 2 fully saturated rings. The molecule has 3 atom stereocenters. The van der Waals surface area contributed by atoms with E-state index in [1.165, 1.54) is 11.0 Å². The Balaban J connectivity index is 1.71. The first-order chi connectivity index (χ1) is 12.9. The van der Waals surface area contributed by atoms with Crippen LogP contribution in [-0.4, -0.2) is 51.0 Å². The van der Waals surface area contributed by atoms with Crippen molar-refractivity contribution < 1.29 is 23.5 Å². The molecule has 1 aromatic carbocycles. The number of carbonyl (C=O) groups is 1. The van der Waals surface area contributed by atoms with Crippen LogP contribution in [0.15, 0.2) is 18.2 Å². The Labute approximate surface area is 167 Å². The Bertz CT molecular complexity index is 752. The second kappa shape index (κ2) is 7.31. The molecule has 3 rings (SSSR count). The van der Waals surface area contributed by atoms with E-state index in [9.17, 15) is 14.3 Å². The van der Waals surface area contributed by atoms with Crippen LogP contribution in [0.1, 0.15) is 34.1 Å². The molecule has 1 unspecified atom stereocenters. The van der Waals surface area contributed by atoms with Crippen molar-refractivity contribution in [2.24, 2.45) is 0 Å². The summed E-state index contributed by atoms with van der Waals surface area (Å²) in [5.41, 5.74) is 0.884. The van der Waals surface area contributed by atoms with E-state index in [1.807, 2.05) is 4.90 Å². The molecule has 2 aliphatic rings. The number of ether oxygens (including phenoxy) is 1. The van der Waals surface area contributed by atoms with Crippen molar-refractivity contribution in [3.63, 3.8) is 0 Å². The normalized spacial score (nSPS) is 26.1. The number of halogens is 1. The summed E-state index contributed by atoms with van der Waals surface area (Å²) in [5, 5.41) is 9.82. The Morgan fingerprint density at radius 1 is 1.32 bits per heavy atom. The van der Waals surface area contributed by atoms with E-state index in [0.29, 0.717) is 17.9 Å². The van der Waals surface area contributed by atoms with Crippen molar-refractivity contribution in [2.45, 2.75) is 70.7 Å². The molecule has 1 amide bonds. The van der Waals surface area contributed by atoms with Gasteiger partial charge in [-0.25, -0.2) is 9.18 Å². The molecule has 1 aromatic rings. The second-order valence-electron chi connectivity index (χ2n) is 9.26. The van der Waals surface area contributed by atoms with Gasteiger partial charge in [0.1, 0.15) is 5.82 Å². The molecular weight excluding hydrogens is 379 g/mol. The standard InChI is InChI=1S/C20H31FN2O4Si/c1-13-18(24)26-19(25)23(13)14-7-8-17(16(21)11-14)22-10-9-15(12-22)27-28(5,6)20(2,3)4/h7-8,11,13,15,18,24H,9-10,12H2,1-6H3/t13?,15-,18-/m1/s1. The van der Waals surface area contributed by atoms with Gasteiger partial charge in [0.15, 0.2) is 8.32 Å². The number of rotatable bonds is 4. The SMILES string of the molecule is CC1[C@H](O)OC(=O)N1c1ccc(N2CC[C@@H](O[Si](C)(C)C(C)(C)C)C2)c(F)c1. The van der Waals surface area contributed by atoms with E-state index in [2.05, 4.69) is 33.9 Å². The minimum atomic E-state index is -1.86. The summed E-state index contributed by atoms with van der Waals surface area (Å²) < 4.78 is 26.1. The summed E-state index contributed by atoms with van der Waals surface area (Å²) in [5.74, 6) is -0.396. The van der Waals surface area contributed by atoms with Crippen LogP contribution in [0.2, 0.25) is 18.1 Å². The molecule has 0 bridgehead atoms. The highest BCUT2D eigenvalue weighted by Crippen LogP contribution is 2.39. The van der Waals surface area contributed by atoms with Gasteiger partial charge in [-0.3, -0.25) is 4.90 Å². The molecule has 6 nitrogen and oxygen atoms in total. The first kappa shape index (κ1) is 21.1. The third-order valence-electron chi connectivity index (χ3n) is 6.20. The number of cyclic esters (lactones) is 1. The predicted octanol–water partition coefficient (Wildman–Crippen LogP) is 4.09. The van der Waals surface area contributed by atoms with Crippen LogP contribution in [0.3, 0.4) is 0 Å². The average Bonchev–Trinajstić information content (AvgIpc) is 3.10. The number of benzene rings is 1. The third-order valence-corrected chi connectivity index (χ3v) is 10.7. The maximum absolute atomic E-state index is 14.8. The smallest absolute Gasteiger partial charge is 0.417 e. The fourth-order valence-electron chi connectivity index (χ4n) is 3.43. The van der Waals surface area contributed by atoms with E-state index in [0.717, 1.165) is 13.0 Å². The van der Waals surface area contributed by atoms with Crippen molar-refractivity contribution >= 4 is 25.8 Å². The molecule has 0 spiro atoms. The van der Waals surface area contributed by atoms with Crippen molar-refractivity contribution in [3.05, 3.63) is 24.0 Å². The summed E-state index contributed by atoms with van der Waals surface area (Å²) >= 11 is 0. The monoisotopic (exact) mass is 410 g/mol. The Kier molecular flexibility index (Phi) is 5.50. The predicted molar refractivity (Wildman–Crippen MR) is 110 cm³/mol. The molecule has 28 heavy (non-hydrogen) atoms. The number of carbonyl (C=O) groups excluding carboxylic acids is 1. The molecule has 2 heterocycles. The first-order valence-corrected chi connectivity index (χ1v) is 12.7. The van der Waals surface area contributed by atoms with Crippen molar-refractivity contribution in [2.75, 3.05) is 22.9 Å². The fraction of sp³-hybridized carbons (Fsp3) is 0.650. The van der Waals surface area contributed by atoms with Gasteiger partial charge >= 0.3 is 6.09 Å². The van der Waals surface area contributed by atoms with Crippen LogP contribution in [-0.2, 0) is 9.16 Å². The topological polar surface area (TPSA) is 62.2 Å². The van der Waals surface area contributed by atoms with Gasteiger partial charge in [-0.05, 0) is 49.7 Å². The highest BCUT2D eigenvalue weighted by Gasteiger charge is 2.41. The molecule has 0 aliphatic carbocycles. The summed E-state index contributed by atoms with van der Waals surface area (Å²) in [6.07, 6.45) is -0.906. The Hall–Kier alpha value is -1.64. The van der Waals surface area contributed by atoms with Gasteiger partial charge in [-0.15, -0.1) is 0 Å². The lowest BCUT2D eigenvalue weighted by Gasteiger charge is -2.38. The number of amides is 1. The molecule has 0 saturated carbocycles. The zero-order valence-corrected chi connectivity index (χ0v) is 18.5. The van der Waals surface area contributed by atoms with E-state index >= 15 is 0 Å². The minimum absolute atomic E-state index is 0.101. The number of aliphatic hydroxyl groups is 1. The number of hydrogen-bond donors (Lipinski definition) is 1. The lowest BCUT2D eigenvalue weighted by atomic mass is 10.2. The highest BCUT2D eigenvalue weighted by atomic mass is 28.4. The summed E-state index contributed by atoms with van der Waals surface area (Å²) in [4.78, 5) is 15.2. The van der Waals surface area contributed by atoms with Crippen LogP contribution < -0.4 is 9.80 Å². The quantitative estimate of drug-likeness (QED) is 0.758. The van der Waals surface area contributed by atoms with Gasteiger partial charge in [0, 0.05) is 13.1 Å². The number of aliphatic hydroxyl groups excluding tert-OH is 1. The van der Waals surface area contributed by atoms with Gasteiger partial charge in [0.2, 0.25) is 6.29 Å². The summed E-state index contributed by atoms with van der Waals surface area (Å²) in [6, 6.07) is 4.14. The number of nitrogens with zero attached hydrogens (tertiary/aromatic N) is 2. The van der Waals surface area contributed by atoms with E-state index in [-0.39, 0.29) is 11.1 Å². The highest BCUT2D eigenvalue weighted by molar-refractivity contribution is 6.74. The second-order valence-corrected chi connectivity index (χ2v) is 14.0.